The lowest BCUT2D eigenvalue weighted by molar-refractivity contribution is -0.384. The number of amides is 3. The van der Waals surface area contributed by atoms with Crippen molar-refractivity contribution in [3.63, 3.8) is 0 Å². The van der Waals surface area contributed by atoms with Crippen molar-refractivity contribution in [2.24, 2.45) is 0 Å². The predicted octanol–water partition coefficient (Wildman–Crippen LogP) is 5.08. The number of rotatable bonds is 6. The second-order valence-corrected chi connectivity index (χ2v) is 8.13. The lowest BCUT2D eigenvalue weighted by Gasteiger charge is -2.13. The van der Waals surface area contributed by atoms with Crippen LogP contribution in [0, 0.1) is 10.1 Å². The van der Waals surface area contributed by atoms with Gasteiger partial charge in [-0.3, -0.25) is 29.4 Å². The van der Waals surface area contributed by atoms with Crippen LogP contribution in [0.3, 0.4) is 0 Å². The summed E-state index contributed by atoms with van der Waals surface area (Å²) in [4.78, 5) is 49.2. The Labute approximate surface area is 193 Å². The third kappa shape index (κ3) is 5.16. The zero-order chi connectivity index (χ0) is 23.4. The first-order chi connectivity index (χ1) is 15.9. The average molecular weight is 459 g/mol. The summed E-state index contributed by atoms with van der Waals surface area (Å²) in [5.74, 6) is -0.735. The van der Waals surface area contributed by atoms with Crippen LogP contribution in [0.1, 0.15) is 21.5 Å². The van der Waals surface area contributed by atoms with Gasteiger partial charge in [-0.2, -0.15) is 0 Å². The maximum absolute atomic E-state index is 12.7. The van der Waals surface area contributed by atoms with Crippen molar-refractivity contribution >= 4 is 46.3 Å². The number of nitrogens with one attached hydrogen (secondary N) is 1. The minimum atomic E-state index is -0.515. The summed E-state index contributed by atoms with van der Waals surface area (Å²) < 4.78 is 0. The van der Waals surface area contributed by atoms with Crippen molar-refractivity contribution in [3.8, 4) is 0 Å². The van der Waals surface area contributed by atoms with Gasteiger partial charge in [-0.05, 0) is 53.2 Å². The summed E-state index contributed by atoms with van der Waals surface area (Å²) in [6.07, 6.45) is 1.69. The van der Waals surface area contributed by atoms with E-state index in [-0.39, 0.29) is 29.3 Å². The number of imide groups is 1. The maximum Gasteiger partial charge on any atom is 0.293 e. The topological polar surface area (TPSA) is 110 Å². The molecule has 0 aliphatic carbocycles. The molecular formula is C24H17N3O5S. The Balaban J connectivity index is 1.40. The molecule has 0 unspecified atom stereocenters. The van der Waals surface area contributed by atoms with Gasteiger partial charge in [-0.15, -0.1) is 0 Å². The number of nitro benzene ring substituents is 1. The SMILES string of the molecule is O=C(Nc1ccc([N+](=O)[O-])cc1)c1ccc(CN2C(=O)S/C(=C\c3ccccc3)C2=O)cc1. The highest BCUT2D eigenvalue weighted by Crippen LogP contribution is 2.33. The Morgan fingerprint density at radius 2 is 1.64 bits per heavy atom. The molecule has 1 aliphatic heterocycles. The molecule has 0 spiro atoms. The summed E-state index contributed by atoms with van der Waals surface area (Å²) in [5, 5.41) is 13.0. The Morgan fingerprint density at radius 3 is 2.27 bits per heavy atom. The Morgan fingerprint density at radius 1 is 0.970 bits per heavy atom. The van der Waals surface area contributed by atoms with Crippen LogP contribution < -0.4 is 5.32 Å². The van der Waals surface area contributed by atoms with E-state index in [0.717, 1.165) is 17.3 Å². The molecule has 0 bridgehead atoms. The molecule has 0 saturated carbocycles. The van der Waals surface area contributed by atoms with Crippen LogP contribution >= 0.6 is 11.8 Å². The fourth-order valence-electron chi connectivity index (χ4n) is 3.15. The Hall–Kier alpha value is -4.24. The molecule has 1 fully saturated rings. The number of non-ortho nitro benzene ring substituents is 1. The van der Waals surface area contributed by atoms with E-state index < -0.39 is 4.92 Å². The van der Waals surface area contributed by atoms with E-state index in [2.05, 4.69) is 5.32 Å². The molecule has 3 aromatic rings. The van der Waals surface area contributed by atoms with Crippen molar-refractivity contribution in [3.05, 3.63) is 111 Å². The first-order valence-electron chi connectivity index (χ1n) is 9.86. The van der Waals surface area contributed by atoms with Gasteiger partial charge in [0.2, 0.25) is 0 Å². The number of thioether (sulfide) groups is 1. The second-order valence-electron chi connectivity index (χ2n) is 7.13. The number of nitro groups is 1. The molecule has 0 radical (unpaired) electrons. The molecule has 3 amide bonds. The standard InChI is InChI=1S/C24H17N3O5S/c28-22(25-19-10-12-20(13-11-19)27(31)32)18-8-6-17(7-9-18)15-26-23(29)21(33-24(26)30)14-16-4-2-1-3-5-16/h1-14H,15H2,(H,25,28)/b21-14-. The van der Waals surface area contributed by atoms with Gasteiger partial charge in [0.25, 0.3) is 22.7 Å². The van der Waals surface area contributed by atoms with Gasteiger partial charge >= 0.3 is 0 Å². The molecule has 164 valence electrons. The summed E-state index contributed by atoms with van der Waals surface area (Å²) in [6.45, 7) is 0.0983. The van der Waals surface area contributed by atoms with E-state index >= 15 is 0 Å². The lowest BCUT2D eigenvalue weighted by Crippen LogP contribution is -2.27. The molecule has 1 saturated heterocycles. The zero-order valence-electron chi connectivity index (χ0n) is 17.1. The van der Waals surface area contributed by atoms with Crippen LogP contribution in [0.5, 0.6) is 0 Å². The highest BCUT2D eigenvalue weighted by atomic mass is 32.2. The van der Waals surface area contributed by atoms with E-state index in [9.17, 15) is 24.5 Å². The molecule has 1 aliphatic rings. The minimum Gasteiger partial charge on any atom is -0.322 e. The monoisotopic (exact) mass is 459 g/mol. The van der Waals surface area contributed by atoms with Gasteiger partial charge in [0.05, 0.1) is 16.4 Å². The number of hydrogen-bond donors (Lipinski definition) is 1. The molecule has 8 nitrogen and oxygen atoms in total. The Kier molecular flexibility index (Phi) is 6.32. The highest BCUT2D eigenvalue weighted by Gasteiger charge is 2.34. The number of hydrogen-bond acceptors (Lipinski definition) is 6. The quantitative estimate of drug-likeness (QED) is 0.313. The van der Waals surface area contributed by atoms with Crippen molar-refractivity contribution in [1.29, 1.82) is 0 Å². The van der Waals surface area contributed by atoms with Crippen LogP contribution in [0.2, 0.25) is 0 Å². The first kappa shape index (κ1) is 22.0. The molecule has 0 aromatic heterocycles. The number of nitrogens with zero attached hydrogens (tertiary/aromatic N) is 2. The largest absolute Gasteiger partial charge is 0.322 e. The van der Waals surface area contributed by atoms with E-state index in [1.165, 1.54) is 29.2 Å². The van der Waals surface area contributed by atoms with Gasteiger partial charge in [0.1, 0.15) is 0 Å². The molecule has 33 heavy (non-hydrogen) atoms. The fraction of sp³-hybridized carbons (Fsp3) is 0.0417. The van der Waals surface area contributed by atoms with Crippen molar-refractivity contribution < 1.29 is 19.3 Å². The molecule has 3 aromatic carbocycles. The summed E-state index contributed by atoms with van der Waals surface area (Å²) in [7, 11) is 0. The van der Waals surface area contributed by atoms with Gasteiger partial charge in [-0.25, -0.2) is 0 Å². The summed E-state index contributed by atoms with van der Waals surface area (Å²) in [5.41, 5.74) is 2.27. The average Bonchev–Trinajstić information content (AvgIpc) is 3.08. The Bertz CT molecular complexity index is 1260. The molecular weight excluding hydrogens is 442 g/mol. The van der Waals surface area contributed by atoms with E-state index in [4.69, 9.17) is 0 Å². The molecule has 0 atom stereocenters. The van der Waals surface area contributed by atoms with Gasteiger partial charge in [-0.1, -0.05) is 42.5 Å². The number of anilines is 1. The van der Waals surface area contributed by atoms with Gasteiger partial charge in [0, 0.05) is 23.4 Å². The van der Waals surface area contributed by atoms with Gasteiger partial charge in [0.15, 0.2) is 0 Å². The van der Waals surface area contributed by atoms with Crippen LogP contribution in [0.25, 0.3) is 6.08 Å². The molecule has 9 heteroatoms. The third-order valence-corrected chi connectivity index (χ3v) is 5.77. The summed E-state index contributed by atoms with van der Waals surface area (Å²) in [6, 6.07) is 21.4. The highest BCUT2D eigenvalue weighted by molar-refractivity contribution is 8.18. The van der Waals surface area contributed by atoms with E-state index in [0.29, 0.717) is 21.7 Å². The van der Waals surface area contributed by atoms with Gasteiger partial charge < -0.3 is 5.32 Å². The van der Waals surface area contributed by atoms with E-state index in [1.54, 1.807) is 30.3 Å². The van der Waals surface area contributed by atoms with Crippen LogP contribution in [-0.2, 0) is 11.3 Å². The minimum absolute atomic E-state index is 0.0664. The van der Waals surface area contributed by atoms with Crippen LogP contribution in [-0.4, -0.2) is 26.9 Å². The smallest absolute Gasteiger partial charge is 0.293 e. The number of carbonyl (C=O) groups is 3. The van der Waals surface area contributed by atoms with Crippen LogP contribution in [0.15, 0.2) is 83.8 Å². The molecule has 1 heterocycles. The molecule has 4 rings (SSSR count). The first-order valence-corrected chi connectivity index (χ1v) is 10.7. The molecule has 1 N–H and O–H groups in total. The predicted molar refractivity (Wildman–Crippen MR) is 125 cm³/mol. The lowest BCUT2D eigenvalue weighted by atomic mass is 10.1. The zero-order valence-corrected chi connectivity index (χ0v) is 18.0. The van der Waals surface area contributed by atoms with E-state index in [1.807, 2.05) is 30.3 Å². The fourth-order valence-corrected chi connectivity index (χ4v) is 3.99. The number of benzene rings is 3. The third-order valence-electron chi connectivity index (χ3n) is 4.86. The maximum atomic E-state index is 12.7. The van der Waals surface area contributed by atoms with Crippen LogP contribution in [0.4, 0.5) is 16.2 Å². The summed E-state index contributed by atoms with van der Waals surface area (Å²) >= 11 is 0.900. The van der Waals surface area contributed by atoms with Crippen molar-refractivity contribution in [1.82, 2.24) is 4.90 Å². The van der Waals surface area contributed by atoms with Crippen molar-refractivity contribution in [2.45, 2.75) is 6.54 Å². The van der Waals surface area contributed by atoms with Crippen molar-refractivity contribution in [2.75, 3.05) is 5.32 Å². The number of carbonyl (C=O) groups excluding carboxylic acids is 3. The second kappa shape index (κ2) is 9.49. The normalized spacial score (nSPS) is 14.5.